The Balaban J connectivity index is 2.43. The van der Waals surface area contributed by atoms with Crippen molar-refractivity contribution in [2.24, 2.45) is 5.92 Å². The van der Waals surface area contributed by atoms with Gasteiger partial charge in [-0.15, -0.1) is 0 Å². The van der Waals surface area contributed by atoms with Crippen LogP contribution in [-0.4, -0.2) is 33.1 Å². The molecule has 0 N–H and O–H groups in total. The van der Waals surface area contributed by atoms with E-state index in [1.165, 1.54) is 21.3 Å². The highest BCUT2D eigenvalue weighted by Gasteiger charge is 2.45. The molecule has 0 bridgehead atoms. The molecule has 0 radical (unpaired) electrons. The summed E-state index contributed by atoms with van der Waals surface area (Å²) in [6.07, 6.45) is 0.650. The van der Waals surface area contributed by atoms with Crippen molar-refractivity contribution in [1.82, 2.24) is 0 Å². The van der Waals surface area contributed by atoms with Gasteiger partial charge >= 0.3 is 5.97 Å². The molecule has 0 spiro atoms. The zero-order valence-corrected chi connectivity index (χ0v) is 13.4. The van der Waals surface area contributed by atoms with E-state index in [0.717, 1.165) is 0 Å². The number of nitriles is 1. The molecule has 0 amide bonds. The van der Waals surface area contributed by atoms with Crippen LogP contribution in [0, 0.1) is 17.2 Å². The van der Waals surface area contributed by atoms with Gasteiger partial charge < -0.3 is 14.2 Å². The predicted octanol–water partition coefficient (Wildman–Crippen LogP) is 2.01. The number of hydrogen-bond donors (Lipinski definition) is 0. The van der Waals surface area contributed by atoms with Gasteiger partial charge in [0, 0.05) is 6.42 Å². The van der Waals surface area contributed by atoms with E-state index in [2.05, 4.69) is 6.07 Å². The quantitative estimate of drug-likeness (QED) is 0.624. The molecule has 2 atom stereocenters. The second-order valence-corrected chi connectivity index (χ2v) is 5.51. The monoisotopic (exact) mass is 317 g/mol. The van der Waals surface area contributed by atoms with Crippen LogP contribution in [0.15, 0.2) is 18.2 Å². The van der Waals surface area contributed by atoms with Crippen molar-refractivity contribution in [2.45, 2.75) is 24.7 Å². The maximum absolute atomic E-state index is 12.0. The molecule has 0 saturated heterocycles. The van der Waals surface area contributed by atoms with E-state index in [-0.39, 0.29) is 18.6 Å². The zero-order chi connectivity index (χ0) is 17.0. The highest BCUT2D eigenvalue weighted by Crippen LogP contribution is 2.43. The predicted molar refractivity (Wildman–Crippen MR) is 81.2 cm³/mol. The van der Waals surface area contributed by atoms with Gasteiger partial charge in [0.15, 0.2) is 11.5 Å². The molecule has 1 fully saturated rings. The van der Waals surface area contributed by atoms with Gasteiger partial charge in [-0.25, -0.2) is 0 Å². The van der Waals surface area contributed by atoms with Gasteiger partial charge in [-0.2, -0.15) is 5.26 Å². The number of ether oxygens (including phenoxy) is 3. The number of carbonyl (C=O) groups is 2. The first-order chi connectivity index (χ1) is 11.0. The normalized spacial score (nSPS) is 23.7. The van der Waals surface area contributed by atoms with Crippen LogP contribution in [0.25, 0.3) is 0 Å². The molecule has 6 nitrogen and oxygen atoms in total. The number of hydrogen-bond acceptors (Lipinski definition) is 6. The number of ketones is 1. The molecule has 0 aliphatic heterocycles. The third-order valence-corrected chi connectivity index (χ3v) is 4.38. The van der Waals surface area contributed by atoms with Crippen LogP contribution in [0.3, 0.4) is 0 Å². The molecule has 2 rings (SSSR count). The summed E-state index contributed by atoms with van der Waals surface area (Å²) in [4.78, 5) is 23.8. The van der Waals surface area contributed by atoms with Crippen LogP contribution in [0.4, 0.5) is 0 Å². The molecule has 1 aliphatic carbocycles. The van der Waals surface area contributed by atoms with Crippen molar-refractivity contribution in [1.29, 1.82) is 5.26 Å². The average molecular weight is 317 g/mol. The summed E-state index contributed by atoms with van der Waals surface area (Å²) >= 11 is 0. The van der Waals surface area contributed by atoms with Gasteiger partial charge in [0.25, 0.3) is 0 Å². The molecule has 1 saturated carbocycles. The summed E-state index contributed by atoms with van der Waals surface area (Å²) in [5.41, 5.74) is -0.217. The summed E-state index contributed by atoms with van der Waals surface area (Å²) in [5.74, 6) is -0.605. The Morgan fingerprint density at radius 1 is 1.26 bits per heavy atom. The summed E-state index contributed by atoms with van der Waals surface area (Å²) in [6.45, 7) is 0. The van der Waals surface area contributed by atoms with Gasteiger partial charge in [0.1, 0.15) is 11.7 Å². The molecule has 122 valence electrons. The average Bonchev–Trinajstić information content (AvgIpc) is 2.61. The van der Waals surface area contributed by atoms with Crippen LogP contribution in [0.1, 0.15) is 24.8 Å². The van der Waals surface area contributed by atoms with E-state index < -0.39 is 17.3 Å². The lowest BCUT2D eigenvalue weighted by Gasteiger charge is -2.34. The van der Waals surface area contributed by atoms with Crippen LogP contribution in [0.2, 0.25) is 0 Å². The number of benzene rings is 1. The largest absolute Gasteiger partial charge is 0.493 e. The van der Waals surface area contributed by atoms with Crippen LogP contribution >= 0.6 is 0 Å². The number of nitrogens with zero attached hydrogens (tertiary/aromatic N) is 1. The van der Waals surface area contributed by atoms with E-state index in [9.17, 15) is 14.9 Å². The SMILES string of the molecule is COC(=O)C1CC(C#N)(c2ccc(OC)c(OC)c2)CCC1=O. The fourth-order valence-electron chi connectivity index (χ4n) is 2.99. The fourth-order valence-corrected chi connectivity index (χ4v) is 2.99. The Kier molecular flexibility index (Phi) is 4.89. The first-order valence-corrected chi connectivity index (χ1v) is 7.25. The third-order valence-electron chi connectivity index (χ3n) is 4.38. The lowest BCUT2D eigenvalue weighted by Crippen LogP contribution is -2.40. The van der Waals surface area contributed by atoms with E-state index in [0.29, 0.717) is 23.5 Å². The molecule has 1 aromatic rings. The minimum absolute atomic E-state index is 0.116. The lowest BCUT2D eigenvalue weighted by atomic mass is 9.66. The molecular formula is C17H19NO5. The summed E-state index contributed by atoms with van der Waals surface area (Å²) < 4.78 is 15.2. The van der Waals surface area contributed by atoms with Crippen molar-refractivity contribution < 1.29 is 23.8 Å². The number of methoxy groups -OCH3 is 3. The maximum atomic E-state index is 12.0. The number of esters is 1. The summed E-state index contributed by atoms with van der Waals surface area (Å²) in [6, 6.07) is 7.52. The molecule has 0 heterocycles. The minimum Gasteiger partial charge on any atom is -0.493 e. The second kappa shape index (κ2) is 6.69. The first-order valence-electron chi connectivity index (χ1n) is 7.25. The zero-order valence-electron chi connectivity index (χ0n) is 13.4. The van der Waals surface area contributed by atoms with Crippen molar-refractivity contribution >= 4 is 11.8 Å². The molecule has 1 aromatic carbocycles. The Bertz CT molecular complexity index is 655. The first kappa shape index (κ1) is 16.8. The smallest absolute Gasteiger partial charge is 0.316 e. The van der Waals surface area contributed by atoms with Crippen molar-refractivity contribution in [2.75, 3.05) is 21.3 Å². The van der Waals surface area contributed by atoms with Crippen LogP contribution in [-0.2, 0) is 19.7 Å². The Hall–Kier alpha value is -2.55. The van der Waals surface area contributed by atoms with Gasteiger partial charge in [-0.05, 0) is 30.5 Å². The topological polar surface area (TPSA) is 85.6 Å². The summed E-state index contributed by atoms with van der Waals surface area (Å²) in [7, 11) is 4.29. The molecule has 1 aliphatic rings. The lowest BCUT2D eigenvalue weighted by molar-refractivity contribution is -0.151. The molecule has 2 unspecified atom stereocenters. The van der Waals surface area contributed by atoms with Crippen molar-refractivity contribution in [3.8, 4) is 17.6 Å². The fraction of sp³-hybridized carbons (Fsp3) is 0.471. The summed E-state index contributed by atoms with van der Waals surface area (Å²) in [5, 5.41) is 9.76. The minimum atomic E-state index is -0.924. The Morgan fingerprint density at radius 2 is 1.96 bits per heavy atom. The standard InChI is InChI=1S/C17H19NO5/c1-21-14-5-4-11(8-15(14)22-2)17(10-18)7-6-13(19)12(9-17)16(20)23-3/h4-5,8,12H,6-7,9H2,1-3H3. The van der Waals surface area contributed by atoms with E-state index >= 15 is 0 Å². The molecule has 23 heavy (non-hydrogen) atoms. The second-order valence-electron chi connectivity index (χ2n) is 5.51. The van der Waals surface area contributed by atoms with Gasteiger partial charge in [-0.1, -0.05) is 6.07 Å². The van der Waals surface area contributed by atoms with Gasteiger partial charge in [0.05, 0.1) is 32.8 Å². The van der Waals surface area contributed by atoms with E-state index in [1.807, 2.05) is 0 Å². The third kappa shape index (κ3) is 3.00. The van der Waals surface area contributed by atoms with Crippen molar-refractivity contribution in [3.63, 3.8) is 0 Å². The van der Waals surface area contributed by atoms with E-state index in [4.69, 9.17) is 14.2 Å². The molecular weight excluding hydrogens is 298 g/mol. The van der Waals surface area contributed by atoms with Gasteiger partial charge in [0.2, 0.25) is 0 Å². The van der Waals surface area contributed by atoms with Crippen LogP contribution in [0.5, 0.6) is 11.5 Å². The Morgan fingerprint density at radius 3 is 2.52 bits per heavy atom. The highest BCUT2D eigenvalue weighted by molar-refractivity contribution is 6.00. The Labute approximate surface area is 134 Å². The van der Waals surface area contributed by atoms with Crippen LogP contribution < -0.4 is 9.47 Å². The number of carbonyl (C=O) groups excluding carboxylic acids is 2. The number of rotatable bonds is 4. The highest BCUT2D eigenvalue weighted by atomic mass is 16.5. The maximum Gasteiger partial charge on any atom is 0.316 e. The van der Waals surface area contributed by atoms with Gasteiger partial charge in [-0.3, -0.25) is 9.59 Å². The molecule has 6 heteroatoms. The number of Topliss-reactive ketones (excluding diaryl/α,β-unsaturated/α-hetero) is 1. The van der Waals surface area contributed by atoms with Crippen molar-refractivity contribution in [3.05, 3.63) is 23.8 Å². The van der Waals surface area contributed by atoms with E-state index in [1.54, 1.807) is 18.2 Å². The molecule has 0 aromatic heterocycles.